The molecule has 0 radical (unpaired) electrons. The van der Waals surface area contributed by atoms with Crippen LogP contribution in [0, 0.1) is 5.92 Å². The third-order valence-electron chi connectivity index (χ3n) is 3.19. The van der Waals surface area contributed by atoms with E-state index in [0.29, 0.717) is 6.42 Å². The molecule has 2 aromatic carbocycles. The molecule has 3 rings (SSSR count). The molecule has 0 aromatic heterocycles. The summed E-state index contributed by atoms with van der Waals surface area (Å²) >= 11 is 0. The van der Waals surface area contributed by atoms with E-state index in [1.165, 1.54) is 7.11 Å². The minimum absolute atomic E-state index is 0. The number of rotatable bonds is 1. The zero-order chi connectivity index (χ0) is 13.7. The maximum Gasteiger partial charge on any atom is 0.309 e. The summed E-state index contributed by atoms with van der Waals surface area (Å²) in [5.41, 5.74) is 1.74. The second-order valence-electron chi connectivity index (χ2n) is 4.48. The molecule has 1 aliphatic carbocycles. The van der Waals surface area contributed by atoms with Crippen molar-refractivity contribution in [2.45, 2.75) is 12.8 Å². The Morgan fingerprint density at radius 1 is 1.30 bits per heavy atom. The van der Waals surface area contributed by atoms with E-state index in [2.05, 4.69) is 4.74 Å². The summed E-state index contributed by atoms with van der Waals surface area (Å²) in [5.74, 6) is -0.528. The van der Waals surface area contributed by atoms with Gasteiger partial charge in [0.25, 0.3) is 0 Å². The first-order valence-corrected chi connectivity index (χ1v) is 6.24. The summed E-state index contributed by atoms with van der Waals surface area (Å²) in [7, 11) is 1.35. The number of methoxy groups -OCH3 is 1. The number of Topliss-reactive ketones (excluding diaryl/α,β-unsaturated/α-hetero) is 1. The Kier molecular flexibility index (Phi) is 6.43. The Bertz CT molecular complexity index is 523. The second kappa shape index (κ2) is 7.83. The van der Waals surface area contributed by atoms with Gasteiger partial charge in [0.15, 0.2) is 0 Å². The molecule has 108 valence electrons. The number of hydrogen-bond donors (Lipinski definition) is 0. The molecule has 3 nitrogen and oxygen atoms in total. The van der Waals surface area contributed by atoms with Gasteiger partial charge in [-0.2, -0.15) is 29.8 Å². The van der Waals surface area contributed by atoms with E-state index in [-0.39, 0.29) is 41.2 Å². The SMILES string of the molecule is COC(=O)C1CC(=O)[c-]2cccc2C1.[Fe].c1cc[cH-]c1. The molecule has 1 aliphatic rings. The number of ketones is 1. The van der Waals surface area contributed by atoms with Crippen LogP contribution in [0.4, 0.5) is 0 Å². The van der Waals surface area contributed by atoms with Crippen molar-refractivity contribution in [3.05, 3.63) is 59.7 Å². The Hall–Kier alpha value is -1.64. The largest absolute Gasteiger partial charge is 0.469 e. The van der Waals surface area contributed by atoms with Gasteiger partial charge >= 0.3 is 5.97 Å². The topological polar surface area (TPSA) is 43.4 Å². The van der Waals surface area contributed by atoms with Gasteiger partial charge < -0.3 is 9.53 Å². The smallest absolute Gasteiger partial charge is 0.309 e. The molecule has 0 spiro atoms. The third-order valence-corrected chi connectivity index (χ3v) is 3.19. The zero-order valence-electron chi connectivity index (χ0n) is 11.2. The van der Waals surface area contributed by atoms with Crippen LogP contribution in [-0.4, -0.2) is 18.9 Å². The average molecular weight is 312 g/mol. The monoisotopic (exact) mass is 312 g/mol. The van der Waals surface area contributed by atoms with Crippen LogP contribution in [-0.2, 0) is 33.0 Å². The number of carbonyl (C=O) groups is 2. The van der Waals surface area contributed by atoms with Crippen LogP contribution < -0.4 is 0 Å². The first-order valence-electron chi connectivity index (χ1n) is 6.24. The molecule has 0 aliphatic heterocycles. The van der Waals surface area contributed by atoms with Gasteiger partial charge in [0.2, 0.25) is 0 Å². The maximum absolute atomic E-state index is 11.6. The molecule has 0 saturated heterocycles. The quantitative estimate of drug-likeness (QED) is 0.462. The third kappa shape index (κ3) is 3.92. The van der Waals surface area contributed by atoms with Crippen molar-refractivity contribution >= 4 is 11.8 Å². The molecule has 1 atom stereocenters. The summed E-state index contributed by atoms with van der Waals surface area (Å²) in [6, 6.07) is 15.6. The molecule has 4 heteroatoms. The van der Waals surface area contributed by atoms with Crippen molar-refractivity contribution in [2.24, 2.45) is 5.92 Å². The summed E-state index contributed by atoms with van der Waals surface area (Å²) in [6.07, 6.45) is 0.907. The molecular formula is C16H16FeO3-2. The van der Waals surface area contributed by atoms with Gasteiger partial charge in [-0.1, -0.05) is 5.56 Å². The normalized spacial score (nSPS) is 16.2. The van der Waals surface area contributed by atoms with Gasteiger partial charge in [0, 0.05) is 23.5 Å². The second-order valence-corrected chi connectivity index (χ2v) is 4.48. The first-order chi connectivity index (χ1) is 9.22. The van der Waals surface area contributed by atoms with Crippen molar-refractivity contribution in [1.29, 1.82) is 0 Å². The molecule has 0 N–H and O–H groups in total. The number of ether oxygens (including phenoxy) is 1. The predicted molar refractivity (Wildman–Crippen MR) is 72.2 cm³/mol. The van der Waals surface area contributed by atoms with E-state index in [9.17, 15) is 9.59 Å². The van der Waals surface area contributed by atoms with Gasteiger partial charge in [-0.3, -0.25) is 4.79 Å². The van der Waals surface area contributed by atoms with Crippen molar-refractivity contribution in [2.75, 3.05) is 7.11 Å². The summed E-state index contributed by atoms with van der Waals surface area (Å²) in [6.45, 7) is 0. The fraction of sp³-hybridized carbons (Fsp3) is 0.250. The van der Waals surface area contributed by atoms with Crippen LogP contribution in [0.15, 0.2) is 48.5 Å². The van der Waals surface area contributed by atoms with Crippen LogP contribution in [0.3, 0.4) is 0 Å². The fourth-order valence-electron chi connectivity index (χ4n) is 2.23. The van der Waals surface area contributed by atoms with Crippen molar-refractivity contribution < 1.29 is 31.4 Å². The molecule has 0 heterocycles. The van der Waals surface area contributed by atoms with E-state index in [0.717, 1.165) is 11.1 Å². The fourth-order valence-corrected chi connectivity index (χ4v) is 2.23. The van der Waals surface area contributed by atoms with Crippen molar-refractivity contribution in [3.8, 4) is 0 Å². The van der Waals surface area contributed by atoms with E-state index >= 15 is 0 Å². The minimum atomic E-state index is -0.289. The number of fused-ring (bicyclic) bond motifs is 1. The van der Waals surface area contributed by atoms with Crippen LogP contribution in [0.25, 0.3) is 0 Å². The van der Waals surface area contributed by atoms with Crippen LogP contribution >= 0.6 is 0 Å². The molecule has 1 unspecified atom stereocenters. The molecule has 0 fully saturated rings. The van der Waals surface area contributed by atoms with Crippen LogP contribution in [0.2, 0.25) is 0 Å². The van der Waals surface area contributed by atoms with Crippen molar-refractivity contribution in [3.63, 3.8) is 0 Å². The summed E-state index contributed by atoms with van der Waals surface area (Å²) in [5, 5.41) is 0. The van der Waals surface area contributed by atoms with Gasteiger partial charge in [-0.25, -0.2) is 24.3 Å². The van der Waals surface area contributed by atoms with Gasteiger partial charge in [-0.05, 0) is 6.42 Å². The Morgan fingerprint density at radius 3 is 2.55 bits per heavy atom. The van der Waals surface area contributed by atoms with E-state index in [1.807, 2.05) is 48.5 Å². The molecule has 0 saturated carbocycles. The number of esters is 1. The van der Waals surface area contributed by atoms with Crippen LogP contribution in [0.1, 0.15) is 22.3 Å². The zero-order valence-corrected chi connectivity index (χ0v) is 12.3. The van der Waals surface area contributed by atoms with Crippen LogP contribution in [0.5, 0.6) is 0 Å². The molecule has 2 aromatic rings. The Labute approximate surface area is 129 Å². The standard InChI is InChI=1S/C11H11O3.C5H5.Fe/c1-14-11(13)8-5-7-3-2-4-9(7)10(12)6-8;1-2-4-5-3-1;/h2-4,8H,5-6H2,1H3;1-5H;/q2*-1;. The number of carbonyl (C=O) groups excluding carboxylic acids is 2. The predicted octanol–water partition coefficient (Wildman–Crippen LogP) is 2.73. The van der Waals surface area contributed by atoms with Crippen molar-refractivity contribution in [1.82, 2.24) is 0 Å². The van der Waals surface area contributed by atoms with Gasteiger partial charge in [-0.15, -0.1) is 0 Å². The number of hydrogen-bond acceptors (Lipinski definition) is 3. The van der Waals surface area contributed by atoms with E-state index in [1.54, 1.807) is 0 Å². The van der Waals surface area contributed by atoms with Gasteiger partial charge in [0.1, 0.15) is 5.78 Å². The summed E-state index contributed by atoms with van der Waals surface area (Å²) < 4.78 is 4.64. The van der Waals surface area contributed by atoms with E-state index < -0.39 is 0 Å². The molecule has 20 heavy (non-hydrogen) atoms. The molecule has 0 amide bonds. The maximum atomic E-state index is 11.6. The van der Waals surface area contributed by atoms with E-state index in [4.69, 9.17) is 0 Å². The Balaban J connectivity index is 0.000000283. The Morgan fingerprint density at radius 2 is 2.00 bits per heavy atom. The first kappa shape index (κ1) is 16.4. The molecule has 0 bridgehead atoms. The minimum Gasteiger partial charge on any atom is -0.469 e. The average Bonchev–Trinajstić information content (AvgIpc) is 3.11. The summed E-state index contributed by atoms with van der Waals surface area (Å²) in [4.78, 5) is 22.8. The molecular weight excluding hydrogens is 296 g/mol. The van der Waals surface area contributed by atoms with Gasteiger partial charge in [0.05, 0.1) is 13.0 Å².